The van der Waals surface area contributed by atoms with Crippen LogP contribution < -0.4 is 0 Å². The van der Waals surface area contributed by atoms with E-state index in [1.807, 2.05) is 48.6 Å². The minimum absolute atomic E-state index is 0.275. The first-order valence-electron chi connectivity index (χ1n) is 18.8. The maximum atomic E-state index is 9.25. The molecule has 11 rings (SSSR count). The largest absolute Gasteiger partial charge is 0.309 e. The van der Waals surface area contributed by atoms with Gasteiger partial charge >= 0.3 is 0 Å². The van der Waals surface area contributed by atoms with Gasteiger partial charge in [0.05, 0.1) is 11.0 Å². The Morgan fingerprint density at radius 3 is 1.79 bits per heavy atom. The third kappa shape index (κ3) is 5.24. The molecule has 1 N–H and O–H groups in total. The third-order valence-electron chi connectivity index (χ3n) is 11.0. The van der Waals surface area contributed by atoms with Crippen LogP contribution in [0.2, 0.25) is 0 Å². The second-order valence-electron chi connectivity index (χ2n) is 14.3. The molecule has 264 valence electrons. The van der Waals surface area contributed by atoms with E-state index in [9.17, 15) is 5.41 Å². The second kappa shape index (κ2) is 13.0. The van der Waals surface area contributed by atoms with E-state index in [1.165, 1.54) is 57.6 Å². The van der Waals surface area contributed by atoms with Crippen molar-refractivity contribution in [3.05, 3.63) is 187 Å². The number of thiophene rings is 2. The number of hydrogen-bond donors (Lipinski definition) is 1. The lowest BCUT2D eigenvalue weighted by Gasteiger charge is -2.10. The quantitative estimate of drug-likeness (QED) is 0.134. The van der Waals surface area contributed by atoms with E-state index >= 15 is 0 Å². The van der Waals surface area contributed by atoms with Crippen molar-refractivity contribution < 1.29 is 0 Å². The highest BCUT2D eigenvalue weighted by Crippen LogP contribution is 2.45. The molecule has 3 aromatic heterocycles. The summed E-state index contributed by atoms with van der Waals surface area (Å²) in [6.45, 7) is 1.98. The van der Waals surface area contributed by atoms with Gasteiger partial charge in [0.25, 0.3) is 0 Å². The van der Waals surface area contributed by atoms with Gasteiger partial charge in [-0.25, -0.2) is 4.99 Å². The van der Waals surface area contributed by atoms with Crippen molar-refractivity contribution in [3.63, 3.8) is 0 Å². The first-order valence-corrected chi connectivity index (χ1v) is 20.4. The highest BCUT2D eigenvalue weighted by molar-refractivity contribution is 7.27. The smallest absolute Gasteiger partial charge is 0.153 e. The maximum Gasteiger partial charge on any atom is 0.153 e. The lowest BCUT2D eigenvalue weighted by atomic mass is 9.96. The van der Waals surface area contributed by atoms with Gasteiger partial charge in [0.2, 0.25) is 0 Å². The van der Waals surface area contributed by atoms with E-state index in [-0.39, 0.29) is 5.84 Å². The minimum Gasteiger partial charge on any atom is -0.309 e. The Labute approximate surface area is 331 Å². The summed E-state index contributed by atoms with van der Waals surface area (Å²) in [7, 11) is 0. The molecular weight excluding hydrogens is 719 g/mol. The SMILES string of the molecule is C/C(=N\C(=N)c1cc(-c2ccc(-c3ccc4c(c3)c3c5sc6ccccc6c5ccc3n4-c3ccccc3)cc2)cc2c1sc1ccccc12)c1ccccc1. The van der Waals surface area contributed by atoms with Crippen molar-refractivity contribution in [3.8, 4) is 27.9 Å². The average Bonchev–Trinajstić information content (AvgIpc) is 3.93. The lowest BCUT2D eigenvalue weighted by Crippen LogP contribution is -2.02. The number of para-hydroxylation sites is 1. The number of aliphatic imine (C=N–C) groups is 1. The first-order chi connectivity index (χ1) is 27.6. The summed E-state index contributed by atoms with van der Waals surface area (Å²) in [5, 5.41) is 16.8. The van der Waals surface area contributed by atoms with E-state index in [0.29, 0.717) is 0 Å². The minimum atomic E-state index is 0.275. The number of fused-ring (bicyclic) bond motifs is 10. The van der Waals surface area contributed by atoms with E-state index in [2.05, 4.69) is 150 Å². The maximum absolute atomic E-state index is 9.25. The number of rotatable bonds is 5. The van der Waals surface area contributed by atoms with E-state index in [1.54, 1.807) is 11.3 Å². The Morgan fingerprint density at radius 2 is 1.05 bits per heavy atom. The van der Waals surface area contributed by atoms with Crippen molar-refractivity contribution >= 4 is 96.4 Å². The average molecular weight is 752 g/mol. The topological polar surface area (TPSA) is 41.1 Å². The normalized spacial score (nSPS) is 12.2. The van der Waals surface area contributed by atoms with Crippen LogP contribution in [0.4, 0.5) is 0 Å². The fraction of sp³-hybridized carbons (Fsp3) is 0.0196. The van der Waals surface area contributed by atoms with Gasteiger partial charge < -0.3 is 4.57 Å². The molecule has 0 bridgehead atoms. The summed E-state index contributed by atoms with van der Waals surface area (Å²) in [5.74, 6) is 0.275. The number of amidine groups is 1. The molecule has 0 fully saturated rings. The first kappa shape index (κ1) is 32.7. The lowest BCUT2D eigenvalue weighted by molar-refractivity contribution is 1.18. The van der Waals surface area contributed by atoms with Crippen molar-refractivity contribution in [1.82, 2.24) is 4.57 Å². The summed E-state index contributed by atoms with van der Waals surface area (Å²) in [4.78, 5) is 4.83. The molecule has 0 aliphatic carbocycles. The van der Waals surface area contributed by atoms with Crippen molar-refractivity contribution in [2.45, 2.75) is 6.92 Å². The van der Waals surface area contributed by atoms with Crippen LogP contribution in [0, 0.1) is 5.41 Å². The van der Waals surface area contributed by atoms with Crippen LogP contribution in [0.3, 0.4) is 0 Å². The Morgan fingerprint density at radius 1 is 0.482 bits per heavy atom. The summed E-state index contributed by atoms with van der Waals surface area (Å²) in [5.41, 5.74) is 10.8. The van der Waals surface area contributed by atoms with Crippen LogP contribution in [0.15, 0.2) is 181 Å². The molecule has 3 nitrogen and oxygen atoms in total. The van der Waals surface area contributed by atoms with Crippen LogP contribution >= 0.6 is 22.7 Å². The molecule has 0 unspecified atom stereocenters. The predicted molar refractivity (Wildman–Crippen MR) is 243 cm³/mol. The number of aromatic nitrogens is 1. The Balaban J connectivity index is 1.05. The predicted octanol–water partition coefficient (Wildman–Crippen LogP) is 14.7. The van der Waals surface area contributed by atoms with Gasteiger partial charge in [-0.2, -0.15) is 0 Å². The van der Waals surface area contributed by atoms with E-state index in [0.717, 1.165) is 49.3 Å². The summed E-state index contributed by atoms with van der Waals surface area (Å²) in [6, 6.07) is 63.0. The van der Waals surface area contributed by atoms with Crippen molar-refractivity contribution in [1.29, 1.82) is 5.41 Å². The zero-order valence-electron chi connectivity index (χ0n) is 30.5. The molecule has 0 radical (unpaired) electrons. The fourth-order valence-electron chi connectivity index (χ4n) is 8.32. The van der Waals surface area contributed by atoms with Gasteiger partial charge in [-0.3, -0.25) is 5.41 Å². The van der Waals surface area contributed by atoms with Crippen LogP contribution in [-0.4, -0.2) is 16.1 Å². The summed E-state index contributed by atoms with van der Waals surface area (Å²) >= 11 is 3.62. The second-order valence-corrected chi connectivity index (χ2v) is 16.4. The van der Waals surface area contributed by atoms with Gasteiger partial charge in [-0.1, -0.05) is 121 Å². The summed E-state index contributed by atoms with van der Waals surface area (Å²) < 4.78 is 7.36. The van der Waals surface area contributed by atoms with E-state index in [4.69, 9.17) is 4.99 Å². The third-order valence-corrected chi connectivity index (χ3v) is 13.5. The van der Waals surface area contributed by atoms with Crippen LogP contribution in [0.25, 0.3) is 90.1 Å². The fourth-order valence-corrected chi connectivity index (χ4v) is 10.8. The van der Waals surface area contributed by atoms with Gasteiger partial charge in [0.1, 0.15) is 0 Å². The molecular formula is C51H33N3S2. The van der Waals surface area contributed by atoms with Crippen LogP contribution in [0.5, 0.6) is 0 Å². The molecule has 0 aliphatic rings. The Hall–Kier alpha value is -6.66. The van der Waals surface area contributed by atoms with E-state index < -0.39 is 0 Å². The summed E-state index contributed by atoms with van der Waals surface area (Å²) in [6.07, 6.45) is 0. The van der Waals surface area contributed by atoms with Crippen molar-refractivity contribution in [2.75, 3.05) is 0 Å². The zero-order valence-corrected chi connectivity index (χ0v) is 32.1. The molecule has 8 aromatic carbocycles. The molecule has 5 heteroatoms. The Bertz CT molecular complexity index is 3370. The Kier molecular flexibility index (Phi) is 7.59. The molecule has 0 spiro atoms. The molecule has 0 saturated heterocycles. The molecule has 11 aromatic rings. The highest BCUT2D eigenvalue weighted by Gasteiger charge is 2.19. The standard InChI is InChI=1S/C51H33N3S2/c1-31(32-12-4-2-5-13-32)53-51(52)43-30-36(29-41-39-17-9-11-19-47(39)55-49(41)43)34-22-20-33(21-23-34)35-24-26-44-42(28-35)48-45(54(44)37-14-6-3-7-15-37)27-25-40-38-16-8-10-18-46(38)56-50(40)48/h2-30,52H,1H3/b52-51?,53-31+. The monoisotopic (exact) mass is 751 g/mol. The zero-order chi connectivity index (χ0) is 37.3. The molecule has 0 atom stereocenters. The molecule has 0 aliphatic heterocycles. The molecule has 3 heterocycles. The van der Waals surface area contributed by atoms with Gasteiger partial charge in [0, 0.05) is 68.1 Å². The molecule has 0 saturated carbocycles. The van der Waals surface area contributed by atoms with Crippen LogP contribution in [-0.2, 0) is 0 Å². The molecule has 56 heavy (non-hydrogen) atoms. The number of nitrogens with zero attached hydrogens (tertiary/aromatic N) is 2. The number of hydrogen-bond acceptors (Lipinski definition) is 3. The van der Waals surface area contributed by atoms with Crippen molar-refractivity contribution in [2.24, 2.45) is 4.99 Å². The highest BCUT2D eigenvalue weighted by atomic mass is 32.1. The van der Waals surface area contributed by atoms with Gasteiger partial charge in [-0.05, 0) is 89.3 Å². The molecule has 0 amide bonds. The van der Waals surface area contributed by atoms with Gasteiger partial charge in [0.15, 0.2) is 5.84 Å². The number of benzene rings is 8. The van der Waals surface area contributed by atoms with Crippen LogP contribution in [0.1, 0.15) is 18.1 Å². The number of nitrogens with one attached hydrogen (secondary N) is 1. The van der Waals surface area contributed by atoms with Gasteiger partial charge in [-0.15, -0.1) is 22.7 Å².